The van der Waals surface area contributed by atoms with E-state index in [2.05, 4.69) is 10.1 Å². The van der Waals surface area contributed by atoms with Crippen molar-refractivity contribution in [3.8, 4) is 5.75 Å². The fourth-order valence-electron chi connectivity index (χ4n) is 1.93. The van der Waals surface area contributed by atoms with E-state index in [1.54, 1.807) is 31.4 Å². The van der Waals surface area contributed by atoms with Crippen molar-refractivity contribution in [1.82, 2.24) is 14.8 Å². The van der Waals surface area contributed by atoms with E-state index < -0.39 is 5.69 Å². The Balaban J connectivity index is 1.98. The molecule has 0 atom stereocenters. The van der Waals surface area contributed by atoms with Crippen LogP contribution < -0.4 is 15.3 Å². The number of hydrogen-bond donors (Lipinski definition) is 1. The maximum atomic E-state index is 12.0. The number of H-pyrrole nitrogens is 1. The number of carbonyl (C=O) groups is 1. The summed E-state index contributed by atoms with van der Waals surface area (Å²) in [6, 6.07) is 6.82. The summed E-state index contributed by atoms with van der Waals surface area (Å²) in [6.07, 6.45) is 0. The highest BCUT2D eigenvalue weighted by Gasteiger charge is 2.30. The van der Waals surface area contributed by atoms with Gasteiger partial charge in [0.2, 0.25) is 0 Å². The van der Waals surface area contributed by atoms with Crippen molar-refractivity contribution in [3.63, 3.8) is 0 Å². The fraction of sp³-hybridized carbons (Fsp3) is 0.182. The lowest BCUT2D eigenvalue weighted by molar-refractivity contribution is 0.248. The number of amides is 1. The minimum atomic E-state index is -0.511. The Morgan fingerprint density at radius 1 is 1.39 bits per heavy atom. The van der Waals surface area contributed by atoms with Crippen LogP contribution in [0.25, 0.3) is 0 Å². The molecular weight excluding hydrogens is 236 g/mol. The van der Waals surface area contributed by atoms with Gasteiger partial charge in [0.05, 0.1) is 13.7 Å². The molecule has 7 nitrogen and oxygen atoms in total. The molecule has 0 unspecified atom stereocenters. The minimum Gasteiger partial charge on any atom is -0.497 e. The van der Waals surface area contributed by atoms with E-state index in [1.165, 1.54) is 4.90 Å². The van der Waals surface area contributed by atoms with Gasteiger partial charge in [0.25, 0.3) is 0 Å². The number of hydrogen-bond acceptors (Lipinski definition) is 4. The first-order valence-electron chi connectivity index (χ1n) is 5.33. The Morgan fingerprint density at radius 3 is 2.94 bits per heavy atom. The van der Waals surface area contributed by atoms with Gasteiger partial charge in [0.1, 0.15) is 5.75 Å². The molecule has 18 heavy (non-hydrogen) atoms. The van der Waals surface area contributed by atoms with Crippen molar-refractivity contribution in [3.05, 3.63) is 40.6 Å². The lowest BCUT2D eigenvalue weighted by atomic mass is 10.3. The number of aromatic amines is 1. The number of ether oxygens (including phenoxy) is 1. The van der Waals surface area contributed by atoms with Gasteiger partial charge in [-0.15, -0.1) is 0 Å². The highest BCUT2D eigenvalue weighted by molar-refractivity contribution is 5.95. The molecule has 0 radical (unpaired) electrons. The van der Waals surface area contributed by atoms with Crippen LogP contribution in [0.4, 0.5) is 10.5 Å². The van der Waals surface area contributed by atoms with Crippen molar-refractivity contribution in [1.29, 1.82) is 0 Å². The van der Waals surface area contributed by atoms with Gasteiger partial charge in [-0.2, -0.15) is 9.67 Å². The molecule has 1 aromatic heterocycles. The topological polar surface area (TPSA) is 80.2 Å². The number of methoxy groups -OCH3 is 1. The van der Waals surface area contributed by atoms with Gasteiger partial charge >= 0.3 is 11.7 Å². The van der Waals surface area contributed by atoms with E-state index in [4.69, 9.17) is 4.74 Å². The normalized spacial score (nSPS) is 13.8. The van der Waals surface area contributed by atoms with Gasteiger partial charge in [-0.25, -0.2) is 14.7 Å². The summed E-state index contributed by atoms with van der Waals surface area (Å²) in [7, 11) is 1.56. The SMILES string of the molecule is COc1cccc(N2Cc3nc(=O)[nH]n3C2=O)c1. The van der Waals surface area contributed by atoms with Gasteiger partial charge in [0.15, 0.2) is 5.82 Å². The fourth-order valence-corrected chi connectivity index (χ4v) is 1.93. The first-order valence-corrected chi connectivity index (χ1v) is 5.33. The van der Waals surface area contributed by atoms with Crippen LogP contribution in [0.2, 0.25) is 0 Å². The molecule has 0 saturated carbocycles. The molecule has 1 N–H and O–H groups in total. The summed E-state index contributed by atoms with van der Waals surface area (Å²) in [5.41, 5.74) is 0.189. The van der Waals surface area contributed by atoms with Crippen LogP contribution in [-0.2, 0) is 6.54 Å². The van der Waals surface area contributed by atoms with Crippen molar-refractivity contribution in [2.45, 2.75) is 6.54 Å². The standard InChI is InChI=1S/C11H10N4O3/c1-18-8-4-2-3-7(5-8)14-6-9-12-10(16)13-15(9)11(14)17/h2-5H,6H2,1H3,(H,13,16). The minimum absolute atomic E-state index is 0.269. The largest absolute Gasteiger partial charge is 0.497 e. The smallest absolute Gasteiger partial charge is 0.362 e. The molecular formula is C11H10N4O3. The second-order valence-corrected chi connectivity index (χ2v) is 3.85. The van der Waals surface area contributed by atoms with Gasteiger partial charge in [-0.1, -0.05) is 6.07 Å². The lowest BCUT2D eigenvalue weighted by Gasteiger charge is -2.15. The molecule has 3 rings (SSSR count). The first kappa shape index (κ1) is 10.6. The quantitative estimate of drug-likeness (QED) is 0.840. The van der Waals surface area contributed by atoms with Gasteiger partial charge in [0, 0.05) is 11.8 Å². The molecule has 1 amide bonds. The van der Waals surface area contributed by atoms with Crippen LogP contribution in [0.3, 0.4) is 0 Å². The van der Waals surface area contributed by atoms with E-state index in [9.17, 15) is 9.59 Å². The number of aromatic nitrogens is 3. The number of nitrogens with one attached hydrogen (secondary N) is 1. The van der Waals surface area contributed by atoms with E-state index in [-0.39, 0.29) is 12.6 Å². The second kappa shape index (κ2) is 3.73. The Hall–Kier alpha value is -2.57. The molecule has 1 aliphatic rings. The molecule has 1 aliphatic heterocycles. The number of nitrogens with zero attached hydrogens (tertiary/aromatic N) is 3. The molecule has 92 valence electrons. The molecule has 2 aromatic rings. The van der Waals surface area contributed by atoms with Crippen LogP contribution in [0.15, 0.2) is 29.1 Å². The van der Waals surface area contributed by atoms with E-state index in [0.29, 0.717) is 17.3 Å². The van der Waals surface area contributed by atoms with Crippen LogP contribution >= 0.6 is 0 Å². The zero-order valence-corrected chi connectivity index (χ0v) is 9.58. The summed E-state index contributed by atoms with van der Waals surface area (Å²) in [5, 5.41) is 2.36. The van der Waals surface area contributed by atoms with E-state index in [0.717, 1.165) is 4.68 Å². The van der Waals surface area contributed by atoms with Crippen molar-refractivity contribution < 1.29 is 9.53 Å². The van der Waals surface area contributed by atoms with Crippen LogP contribution in [-0.4, -0.2) is 27.9 Å². The second-order valence-electron chi connectivity index (χ2n) is 3.85. The van der Waals surface area contributed by atoms with Gasteiger partial charge in [-0.3, -0.25) is 4.90 Å². The number of rotatable bonds is 2. The summed E-state index contributed by atoms with van der Waals surface area (Å²) in [5.74, 6) is 1.08. The molecule has 0 saturated heterocycles. The number of benzene rings is 1. The highest BCUT2D eigenvalue weighted by atomic mass is 16.5. The van der Waals surface area contributed by atoms with Gasteiger partial charge in [-0.05, 0) is 12.1 Å². The maximum Gasteiger partial charge on any atom is 0.362 e. The highest BCUT2D eigenvalue weighted by Crippen LogP contribution is 2.25. The van der Waals surface area contributed by atoms with Crippen LogP contribution in [0.5, 0.6) is 5.75 Å². The average molecular weight is 246 g/mol. The Morgan fingerprint density at radius 2 is 2.22 bits per heavy atom. The van der Waals surface area contributed by atoms with Crippen molar-refractivity contribution in [2.24, 2.45) is 0 Å². The number of fused-ring (bicyclic) bond motifs is 1. The van der Waals surface area contributed by atoms with Gasteiger partial charge < -0.3 is 4.74 Å². The lowest BCUT2D eigenvalue weighted by Crippen LogP contribution is -2.28. The molecule has 0 spiro atoms. The third-order valence-electron chi connectivity index (χ3n) is 2.78. The summed E-state index contributed by atoms with van der Waals surface area (Å²) >= 11 is 0. The van der Waals surface area contributed by atoms with Crippen molar-refractivity contribution >= 4 is 11.7 Å². The number of carbonyl (C=O) groups excluding carboxylic acids is 1. The maximum absolute atomic E-state index is 12.0. The van der Waals surface area contributed by atoms with Crippen LogP contribution in [0, 0.1) is 0 Å². The molecule has 0 fully saturated rings. The van der Waals surface area contributed by atoms with E-state index in [1.807, 2.05) is 0 Å². The molecule has 1 aromatic carbocycles. The molecule has 7 heteroatoms. The Bertz CT molecular complexity index is 673. The summed E-state index contributed by atoms with van der Waals surface area (Å²) in [4.78, 5) is 28.3. The third kappa shape index (κ3) is 1.48. The predicted octanol–water partition coefficient (Wildman–Crippen LogP) is 0.568. The van der Waals surface area contributed by atoms with Crippen molar-refractivity contribution in [2.75, 3.05) is 12.0 Å². The molecule has 0 bridgehead atoms. The third-order valence-corrected chi connectivity index (χ3v) is 2.78. The van der Waals surface area contributed by atoms with E-state index >= 15 is 0 Å². The molecule has 0 aliphatic carbocycles. The zero-order chi connectivity index (χ0) is 12.7. The first-order chi connectivity index (χ1) is 8.69. The Kier molecular flexibility index (Phi) is 2.19. The number of anilines is 1. The predicted molar refractivity (Wildman–Crippen MR) is 62.8 cm³/mol. The van der Waals surface area contributed by atoms with Crippen LogP contribution in [0.1, 0.15) is 5.82 Å². The summed E-state index contributed by atoms with van der Waals surface area (Å²) in [6.45, 7) is 0.269. The zero-order valence-electron chi connectivity index (χ0n) is 9.58. The molecule has 2 heterocycles. The Labute approximate surface area is 102 Å². The monoisotopic (exact) mass is 246 g/mol. The average Bonchev–Trinajstić information content (AvgIpc) is 2.88. The summed E-state index contributed by atoms with van der Waals surface area (Å²) < 4.78 is 6.26.